The number of nitrogens with one attached hydrogen (secondary N) is 2. The van der Waals surface area contributed by atoms with Gasteiger partial charge in [0.2, 0.25) is 0 Å². The summed E-state index contributed by atoms with van der Waals surface area (Å²) in [7, 11) is 0. The molecule has 2 aliphatic rings. The number of nitrogens with zero attached hydrogens (tertiary/aromatic N) is 2. The van der Waals surface area contributed by atoms with Gasteiger partial charge in [-0.3, -0.25) is 5.10 Å². The van der Waals surface area contributed by atoms with Crippen molar-refractivity contribution in [3.8, 4) is 0 Å². The van der Waals surface area contributed by atoms with Crippen LogP contribution < -0.4 is 5.32 Å². The van der Waals surface area contributed by atoms with Crippen LogP contribution in [0.15, 0.2) is 6.20 Å². The van der Waals surface area contributed by atoms with Crippen LogP contribution in [0.2, 0.25) is 0 Å². The van der Waals surface area contributed by atoms with Gasteiger partial charge in [-0.25, -0.2) is 13.6 Å². The summed E-state index contributed by atoms with van der Waals surface area (Å²) in [4.78, 5) is 13.1. The molecule has 2 amide bonds. The Bertz CT molecular complexity index is 488. The number of aryl methyl sites for hydroxylation is 1. The Hall–Kier alpha value is -1.66. The van der Waals surface area contributed by atoms with E-state index < -0.39 is 12.5 Å². The molecule has 0 aromatic carbocycles. The van der Waals surface area contributed by atoms with Gasteiger partial charge in [-0.15, -0.1) is 0 Å². The fourth-order valence-electron chi connectivity index (χ4n) is 2.71. The molecule has 1 saturated heterocycles. The summed E-state index contributed by atoms with van der Waals surface area (Å²) in [6, 6.07) is -0.374. The van der Waals surface area contributed by atoms with Gasteiger partial charge >= 0.3 is 6.03 Å². The van der Waals surface area contributed by atoms with E-state index in [1.165, 1.54) is 4.90 Å². The van der Waals surface area contributed by atoms with Crippen molar-refractivity contribution in [3.63, 3.8) is 0 Å². The summed E-state index contributed by atoms with van der Waals surface area (Å²) in [6.45, 7) is -0.342. The van der Waals surface area contributed by atoms with E-state index in [9.17, 15) is 13.6 Å². The SMILES string of the molecule is O=C(NC1CCc2[nH]ncc2C1)N1CCC(F)(F)C1. The molecular formula is C12H16F2N4O. The number of aromatic amines is 1. The van der Waals surface area contributed by atoms with Crippen molar-refractivity contribution in [2.45, 2.75) is 37.6 Å². The van der Waals surface area contributed by atoms with Gasteiger partial charge in [-0.2, -0.15) is 5.10 Å². The molecule has 2 N–H and O–H groups in total. The van der Waals surface area contributed by atoms with Crippen LogP contribution in [0.5, 0.6) is 0 Å². The zero-order valence-electron chi connectivity index (χ0n) is 10.5. The monoisotopic (exact) mass is 270 g/mol. The number of carbonyl (C=O) groups excluding carboxylic acids is 1. The highest BCUT2D eigenvalue weighted by Gasteiger charge is 2.40. The predicted molar refractivity (Wildman–Crippen MR) is 64.1 cm³/mol. The van der Waals surface area contributed by atoms with Crippen molar-refractivity contribution in [2.24, 2.45) is 0 Å². The minimum Gasteiger partial charge on any atom is -0.335 e. The molecule has 1 atom stereocenters. The number of likely N-dealkylation sites (tertiary alicyclic amines) is 1. The van der Waals surface area contributed by atoms with E-state index in [1.54, 1.807) is 6.20 Å². The lowest BCUT2D eigenvalue weighted by molar-refractivity contribution is 0.0152. The van der Waals surface area contributed by atoms with E-state index in [0.717, 1.165) is 24.1 Å². The molecule has 0 radical (unpaired) electrons. The predicted octanol–water partition coefficient (Wildman–Crippen LogP) is 1.32. The van der Waals surface area contributed by atoms with Crippen molar-refractivity contribution in [2.75, 3.05) is 13.1 Å². The molecule has 1 aliphatic heterocycles. The summed E-state index contributed by atoms with van der Waals surface area (Å²) in [5, 5.41) is 9.73. The molecule has 19 heavy (non-hydrogen) atoms. The highest BCUT2D eigenvalue weighted by Crippen LogP contribution is 2.27. The molecule has 1 aromatic heterocycles. The third kappa shape index (κ3) is 2.54. The van der Waals surface area contributed by atoms with Crippen LogP contribution in [-0.2, 0) is 12.8 Å². The first-order valence-electron chi connectivity index (χ1n) is 6.48. The lowest BCUT2D eigenvalue weighted by Crippen LogP contribution is -2.46. The number of amides is 2. The maximum atomic E-state index is 13.1. The van der Waals surface area contributed by atoms with Crippen LogP contribution in [-0.4, -0.2) is 46.2 Å². The molecule has 1 aromatic rings. The average molecular weight is 270 g/mol. The number of hydrogen-bond donors (Lipinski definition) is 2. The van der Waals surface area contributed by atoms with Gasteiger partial charge in [0.15, 0.2) is 0 Å². The number of H-pyrrole nitrogens is 1. The second kappa shape index (κ2) is 4.47. The van der Waals surface area contributed by atoms with Gasteiger partial charge in [-0.1, -0.05) is 0 Å². The quantitative estimate of drug-likeness (QED) is 0.808. The number of alkyl halides is 2. The van der Waals surface area contributed by atoms with Gasteiger partial charge in [0.1, 0.15) is 0 Å². The van der Waals surface area contributed by atoms with E-state index in [2.05, 4.69) is 15.5 Å². The number of carbonyl (C=O) groups is 1. The minimum atomic E-state index is -2.73. The second-order valence-electron chi connectivity index (χ2n) is 5.29. The van der Waals surface area contributed by atoms with Crippen molar-refractivity contribution in [1.29, 1.82) is 0 Å². The molecule has 0 spiro atoms. The number of aromatic nitrogens is 2. The number of rotatable bonds is 1. The number of fused-ring (bicyclic) bond motifs is 1. The highest BCUT2D eigenvalue weighted by atomic mass is 19.3. The molecule has 5 nitrogen and oxygen atoms in total. The molecule has 104 valence electrons. The van der Waals surface area contributed by atoms with Crippen molar-refractivity contribution >= 4 is 6.03 Å². The third-order valence-corrected chi connectivity index (χ3v) is 3.80. The molecule has 7 heteroatoms. The summed E-state index contributed by atoms with van der Waals surface area (Å²) in [5.74, 6) is -2.73. The maximum absolute atomic E-state index is 13.1. The van der Waals surface area contributed by atoms with Gasteiger partial charge in [0.25, 0.3) is 5.92 Å². The number of urea groups is 1. The van der Waals surface area contributed by atoms with Crippen LogP contribution in [0.25, 0.3) is 0 Å². The van der Waals surface area contributed by atoms with E-state index >= 15 is 0 Å². The van der Waals surface area contributed by atoms with Gasteiger partial charge in [0, 0.05) is 24.7 Å². The Balaban J connectivity index is 1.57. The highest BCUT2D eigenvalue weighted by molar-refractivity contribution is 5.75. The molecule has 2 heterocycles. The van der Waals surface area contributed by atoms with E-state index in [-0.39, 0.29) is 25.0 Å². The maximum Gasteiger partial charge on any atom is 0.317 e. The Kier molecular flexibility index (Phi) is 2.91. The van der Waals surface area contributed by atoms with Gasteiger partial charge in [-0.05, 0) is 24.8 Å². The zero-order chi connectivity index (χ0) is 13.5. The Morgan fingerprint density at radius 1 is 1.58 bits per heavy atom. The molecule has 1 unspecified atom stereocenters. The lowest BCUT2D eigenvalue weighted by Gasteiger charge is -2.25. The molecule has 0 saturated carbocycles. The van der Waals surface area contributed by atoms with Gasteiger partial charge < -0.3 is 10.2 Å². The average Bonchev–Trinajstić information content (AvgIpc) is 2.94. The zero-order valence-corrected chi connectivity index (χ0v) is 10.5. The first-order chi connectivity index (χ1) is 9.03. The molecular weight excluding hydrogens is 254 g/mol. The summed E-state index contributed by atoms with van der Waals surface area (Å²) < 4.78 is 26.1. The first-order valence-corrected chi connectivity index (χ1v) is 6.48. The van der Waals surface area contributed by atoms with Crippen molar-refractivity contribution in [3.05, 3.63) is 17.5 Å². The summed E-state index contributed by atoms with van der Waals surface area (Å²) in [6.07, 6.45) is 3.87. The largest absolute Gasteiger partial charge is 0.335 e. The fraction of sp³-hybridized carbons (Fsp3) is 0.667. The van der Waals surface area contributed by atoms with Crippen LogP contribution >= 0.6 is 0 Å². The third-order valence-electron chi connectivity index (χ3n) is 3.80. The van der Waals surface area contributed by atoms with Crippen LogP contribution in [0.3, 0.4) is 0 Å². The number of hydrogen-bond acceptors (Lipinski definition) is 2. The first kappa shape index (κ1) is 12.4. The molecule has 1 fully saturated rings. The Morgan fingerprint density at radius 3 is 3.16 bits per heavy atom. The normalized spacial score (nSPS) is 25.2. The minimum absolute atomic E-state index is 0.00632. The standard InChI is InChI=1S/C12H16F2N4O/c13-12(14)3-4-18(7-12)11(19)16-9-1-2-10-8(5-9)6-15-17-10/h6,9H,1-5,7H2,(H,15,17)(H,16,19). The van der Waals surface area contributed by atoms with E-state index in [0.29, 0.717) is 6.42 Å². The summed E-state index contributed by atoms with van der Waals surface area (Å²) in [5.41, 5.74) is 2.21. The molecule has 0 bridgehead atoms. The molecule has 3 rings (SSSR count). The Morgan fingerprint density at radius 2 is 2.42 bits per heavy atom. The second-order valence-corrected chi connectivity index (χ2v) is 5.29. The molecule has 1 aliphatic carbocycles. The number of halogens is 2. The fourth-order valence-corrected chi connectivity index (χ4v) is 2.71. The van der Waals surface area contributed by atoms with Crippen molar-refractivity contribution < 1.29 is 13.6 Å². The lowest BCUT2D eigenvalue weighted by atomic mass is 9.94. The van der Waals surface area contributed by atoms with Gasteiger partial charge in [0.05, 0.1) is 12.7 Å². The summed E-state index contributed by atoms with van der Waals surface area (Å²) >= 11 is 0. The topological polar surface area (TPSA) is 61.0 Å². The van der Waals surface area contributed by atoms with E-state index in [4.69, 9.17) is 0 Å². The van der Waals surface area contributed by atoms with Crippen molar-refractivity contribution in [1.82, 2.24) is 20.4 Å². The van der Waals surface area contributed by atoms with Crippen LogP contribution in [0.1, 0.15) is 24.1 Å². The smallest absolute Gasteiger partial charge is 0.317 e. The van der Waals surface area contributed by atoms with Crippen LogP contribution in [0, 0.1) is 0 Å². The van der Waals surface area contributed by atoms with Crippen LogP contribution in [0.4, 0.5) is 13.6 Å². The van der Waals surface area contributed by atoms with E-state index in [1.807, 2.05) is 0 Å². The Labute approximate surface area is 109 Å².